The Morgan fingerprint density at radius 1 is 0.519 bits per heavy atom. The third-order valence-electron chi connectivity index (χ3n) is 8.56. The van der Waals surface area contributed by atoms with E-state index in [9.17, 15) is 19.2 Å². The number of nitrogen functional groups attached to an aromatic ring is 4. The minimum absolute atomic E-state index is 0.108. The minimum Gasteiger partial charge on any atom is -0.399 e. The number of hydrogen-bond donors (Lipinski definition) is 6. The van der Waals surface area contributed by atoms with Crippen LogP contribution in [0.5, 0.6) is 0 Å². The fourth-order valence-corrected chi connectivity index (χ4v) is 5.96. The van der Waals surface area contributed by atoms with Gasteiger partial charge in [-0.05, 0) is 109 Å². The summed E-state index contributed by atoms with van der Waals surface area (Å²) >= 11 is 0. The molecule has 12 nitrogen and oxygen atoms in total. The van der Waals surface area contributed by atoms with Crippen molar-refractivity contribution in [1.29, 1.82) is 0 Å². The molecule has 0 spiro atoms. The second-order valence-electron chi connectivity index (χ2n) is 12.0. The topological polar surface area (TPSA) is 203 Å². The SMILES string of the molecule is Nc1ccc(N(C(=O)c2cccc(C(=O)N3c4cccc(N)c4NC(=O)c4cccc(c4)C(=O)Nc4c(N)cccc43)c2)c2ccc(N)cc2)cc1. The van der Waals surface area contributed by atoms with Crippen molar-refractivity contribution in [3.63, 3.8) is 0 Å². The average molecular weight is 689 g/mol. The van der Waals surface area contributed by atoms with Crippen LogP contribution in [-0.2, 0) is 0 Å². The number of nitrogens with one attached hydrogen (secondary N) is 2. The fraction of sp³-hybridized carbons (Fsp3) is 0. The number of fused-ring (bicyclic) bond motifs is 4. The van der Waals surface area contributed by atoms with E-state index < -0.39 is 23.6 Å². The number of amides is 4. The molecule has 0 saturated carbocycles. The molecule has 1 heterocycles. The molecule has 0 atom stereocenters. The van der Waals surface area contributed by atoms with Gasteiger partial charge in [0, 0.05) is 45.0 Å². The normalized spacial score (nSPS) is 12.3. The first-order valence-corrected chi connectivity index (χ1v) is 16.1. The van der Waals surface area contributed by atoms with Crippen molar-refractivity contribution in [2.75, 3.05) is 43.4 Å². The molecule has 10 N–H and O–H groups in total. The van der Waals surface area contributed by atoms with Gasteiger partial charge in [-0.1, -0.05) is 24.3 Å². The van der Waals surface area contributed by atoms with E-state index in [-0.39, 0.29) is 56.4 Å². The third-order valence-corrected chi connectivity index (χ3v) is 8.56. The molecule has 2 bridgehead atoms. The zero-order valence-electron chi connectivity index (χ0n) is 27.5. The summed E-state index contributed by atoms with van der Waals surface area (Å²) in [6.45, 7) is 0. The molecule has 0 unspecified atom stereocenters. The van der Waals surface area contributed by atoms with E-state index in [1.807, 2.05) is 0 Å². The first-order valence-electron chi connectivity index (χ1n) is 16.1. The molecule has 6 aromatic carbocycles. The van der Waals surface area contributed by atoms with Crippen LogP contribution in [0.4, 0.5) is 56.9 Å². The van der Waals surface area contributed by atoms with Gasteiger partial charge in [0.05, 0.1) is 34.1 Å². The van der Waals surface area contributed by atoms with Crippen LogP contribution < -0.4 is 43.4 Å². The van der Waals surface area contributed by atoms with Gasteiger partial charge in [-0.25, -0.2) is 0 Å². The lowest BCUT2D eigenvalue weighted by molar-refractivity contribution is 0.0989. The number of carbonyl (C=O) groups is 4. The number of nitrogens with zero attached hydrogens (tertiary/aromatic N) is 2. The molecular formula is C40H32N8O4. The van der Waals surface area contributed by atoms with E-state index in [2.05, 4.69) is 10.6 Å². The standard InChI is InChI=1S/C40H32N8O4/c41-27-13-17-29(18-14-27)47(30-19-15-28(42)16-20-30)39(51)25-7-2-8-26(22-25)40(52)48-33-11-3-9-31(43)35(33)45-37(49)23-5-1-6-24(21-23)38(50)46-36-32(44)10-4-12-34(36)48/h1-22H,41-44H2,(H,45,49)(H,46,50). The highest BCUT2D eigenvalue weighted by atomic mass is 16.2. The number of rotatable bonds is 4. The highest BCUT2D eigenvalue weighted by molar-refractivity contribution is 6.21. The molecule has 1 aliphatic rings. The average Bonchev–Trinajstić information content (AvgIpc) is 3.15. The van der Waals surface area contributed by atoms with Gasteiger partial charge in [-0.3, -0.25) is 29.0 Å². The van der Waals surface area contributed by atoms with Gasteiger partial charge in [0.1, 0.15) is 0 Å². The Morgan fingerprint density at radius 2 is 0.962 bits per heavy atom. The summed E-state index contributed by atoms with van der Waals surface area (Å²) in [6, 6.07) is 35.7. The molecule has 0 aliphatic carbocycles. The summed E-state index contributed by atoms with van der Waals surface area (Å²) in [7, 11) is 0. The molecule has 0 radical (unpaired) electrons. The Labute approximate surface area is 298 Å². The lowest BCUT2D eigenvalue weighted by atomic mass is 10.0. The van der Waals surface area contributed by atoms with Gasteiger partial charge in [-0.15, -0.1) is 0 Å². The number of anilines is 10. The highest BCUT2D eigenvalue weighted by Crippen LogP contribution is 2.43. The monoisotopic (exact) mass is 688 g/mol. The molecule has 7 rings (SSSR count). The third kappa shape index (κ3) is 6.18. The molecule has 12 heteroatoms. The smallest absolute Gasteiger partial charge is 0.262 e. The number of nitrogens with two attached hydrogens (primary N) is 4. The number of hydrogen-bond acceptors (Lipinski definition) is 8. The zero-order chi connectivity index (χ0) is 36.5. The summed E-state index contributed by atoms with van der Waals surface area (Å²) < 4.78 is 0. The summed E-state index contributed by atoms with van der Waals surface area (Å²) in [5.74, 6) is -2.15. The van der Waals surface area contributed by atoms with Crippen LogP contribution in [0.3, 0.4) is 0 Å². The summed E-state index contributed by atoms with van der Waals surface area (Å²) in [4.78, 5) is 59.2. The second kappa shape index (κ2) is 13.4. The maximum Gasteiger partial charge on any atom is 0.262 e. The van der Waals surface area contributed by atoms with E-state index in [0.29, 0.717) is 22.7 Å². The lowest BCUT2D eigenvalue weighted by Crippen LogP contribution is -2.30. The Kier molecular flexibility index (Phi) is 8.46. The van der Waals surface area contributed by atoms with Crippen LogP contribution >= 0.6 is 0 Å². The van der Waals surface area contributed by atoms with E-state index in [4.69, 9.17) is 22.9 Å². The molecule has 0 saturated heterocycles. The predicted molar refractivity (Wildman–Crippen MR) is 205 cm³/mol. The van der Waals surface area contributed by atoms with Crippen molar-refractivity contribution >= 4 is 80.5 Å². The second-order valence-corrected chi connectivity index (χ2v) is 12.0. The molecule has 0 fully saturated rings. The largest absolute Gasteiger partial charge is 0.399 e. The van der Waals surface area contributed by atoms with Crippen molar-refractivity contribution in [3.8, 4) is 0 Å². The highest BCUT2D eigenvalue weighted by Gasteiger charge is 2.30. The van der Waals surface area contributed by atoms with Gasteiger partial charge in [-0.2, -0.15) is 0 Å². The minimum atomic E-state index is -0.612. The van der Waals surface area contributed by atoms with Gasteiger partial charge in [0.25, 0.3) is 23.6 Å². The van der Waals surface area contributed by atoms with Gasteiger partial charge in [0.15, 0.2) is 0 Å². The quantitative estimate of drug-likeness (QED) is 0.109. The molecule has 6 aromatic rings. The Hall–Kier alpha value is -7.60. The maximum absolute atomic E-state index is 14.9. The maximum atomic E-state index is 14.9. The van der Waals surface area contributed by atoms with Gasteiger partial charge >= 0.3 is 0 Å². The van der Waals surface area contributed by atoms with Crippen molar-refractivity contribution in [3.05, 3.63) is 156 Å². The number of para-hydroxylation sites is 2. The van der Waals surface area contributed by atoms with Crippen molar-refractivity contribution in [1.82, 2.24) is 0 Å². The van der Waals surface area contributed by atoms with Crippen LogP contribution in [0, 0.1) is 0 Å². The van der Waals surface area contributed by atoms with Gasteiger partial charge in [0.2, 0.25) is 0 Å². The van der Waals surface area contributed by atoms with E-state index >= 15 is 0 Å². The van der Waals surface area contributed by atoms with Crippen LogP contribution in [-0.4, -0.2) is 23.6 Å². The Bertz CT molecular complexity index is 2270. The molecule has 52 heavy (non-hydrogen) atoms. The molecular weight excluding hydrogens is 656 g/mol. The lowest BCUT2D eigenvalue weighted by Gasteiger charge is -2.29. The molecule has 0 aromatic heterocycles. The Morgan fingerprint density at radius 3 is 1.46 bits per heavy atom. The van der Waals surface area contributed by atoms with E-state index in [1.54, 1.807) is 121 Å². The van der Waals surface area contributed by atoms with Crippen LogP contribution in [0.1, 0.15) is 41.4 Å². The molecule has 4 amide bonds. The van der Waals surface area contributed by atoms with Gasteiger partial charge < -0.3 is 33.6 Å². The molecule has 1 aliphatic heterocycles. The summed E-state index contributed by atoms with van der Waals surface area (Å²) in [6.07, 6.45) is 0. The zero-order valence-corrected chi connectivity index (χ0v) is 27.5. The van der Waals surface area contributed by atoms with Crippen molar-refractivity contribution in [2.24, 2.45) is 0 Å². The van der Waals surface area contributed by atoms with Crippen molar-refractivity contribution < 1.29 is 19.2 Å². The van der Waals surface area contributed by atoms with Crippen LogP contribution in [0.2, 0.25) is 0 Å². The number of carbonyl (C=O) groups excluding carboxylic acids is 4. The molecule has 256 valence electrons. The fourth-order valence-electron chi connectivity index (χ4n) is 5.96. The Balaban J connectivity index is 1.38. The first-order chi connectivity index (χ1) is 25.1. The van der Waals surface area contributed by atoms with E-state index in [1.165, 1.54) is 21.9 Å². The predicted octanol–water partition coefficient (Wildman–Crippen LogP) is 6.79. The summed E-state index contributed by atoms with van der Waals surface area (Å²) in [5.41, 5.74) is 28.6. The number of benzene rings is 6. The van der Waals surface area contributed by atoms with E-state index in [0.717, 1.165) is 0 Å². The summed E-state index contributed by atoms with van der Waals surface area (Å²) in [5, 5.41) is 5.68. The van der Waals surface area contributed by atoms with Crippen LogP contribution in [0.15, 0.2) is 133 Å². The van der Waals surface area contributed by atoms with Crippen LogP contribution in [0.25, 0.3) is 0 Å². The van der Waals surface area contributed by atoms with Crippen molar-refractivity contribution in [2.45, 2.75) is 0 Å². The first kappa shape index (κ1) is 32.9.